The van der Waals surface area contributed by atoms with Crippen LogP contribution in [0.4, 0.5) is 0 Å². The van der Waals surface area contributed by atoms with Gasteiger partial charge in [-0.25, -0.2) is 5.90 Å². The summed E-state index contributed by atoms with van der Waals surface area (Å²) in [6.07, 6.45) is 3.62. The molecule has 0 aromatic rings. The first kappa shape index (κ1) is 7.98. The van der Waals surface area contributed by atoms with Gasteiger partial charge >= 0.3 is 0 Å². The fourth-order valence-corrected chi connectivity index (χ4v) is 0.779. The first-order valence-electron chi connectivity index (χ1n) is 3.83. The first-order chi connectivity index (χ1) is 4.93. The maximum atomic E-state index is 5.32. The molecule has 1 rings (SSSR count). The molecule has 0 bridgehead atoms. The fraction of sp³-hybridized carbons (Fsp3) is 1.00. The van der Waals surface area contributed by atoms with Crippen LogP contribution in [0.5, 0.6) is 0 Å². The standard InChI is InChI=1S/C7H15NO2/c8-10-5-1-4-9-6-7-2-3-7/h7H,1-6,8H2. The minimum absolute atomic E-state index is 0.602. The molecular weight excluding hydrogens is 130 g/mol. The minimum atomic E-state index is 0.602. The van der Waals surface area contributed by atoms with E-state index in [9.17, 15) is 0 Å². The molecule has 0 aliphatic heterocycles. The van der Waals surface area contributed by atoms with Crippen molar-refractivity contribution in [1.29, 1.82) is 0 Å². The van der Waals surface area contributed by atoms with E-state index in [0.717, 1.165) is 25.6 Å². The van der Waals surface area contributed by atoms with Crippen molar-refractivity contribution in [3.63, 3.8) is 0 Å². The lowest BCUT2D eigenvalue weighted by Crippen LogP contribution is -2.05. The predicted molar refractivity (Wildman–Crippen MR) is 38.3 cm³/mol. The highest BCUT2D eigenvalue weighted by Gasteiger charge is 2.20. The van der Waals surface area contributed by atoms with Gasteiger partial charge in [-0.15, -0.1) is 0 Å². The number of hydrogen-bond acceptors (Lipinski definition) is 3. The molecule has 10 heavy (non-hydrogen) atoms. The molecule has 0 saturated heterocycles. The van der Waals surface area contributed by atoms with Crippen molar-refractivity contribution in [2.75, 3.05) is 19.8 Å². The molecule has 0 radical (unpaired) electrons. The molecule has 2 N–H and O–H groups in total. The summed E-state index contributed by atoms with van der Waals surface area (Å²) >= 11 is 0. The molecule has 0 aromatic carbocycles. The molecule has 0 atom stereocenters. The van der Waals surface area contributed by atoms with E-state index in [1.807, 2.05) is 0 Å². The van der Waals surface area contributed by atoms with Crippen molar-refractivity contribution in [3.05, 3.63) is 0 Å². The number of hydrogen-bond donors (Lipinski definition) is 1. The summed E-state index contributed by atoms with van der Waals surface area (Å²) in [4.78, 5) is 4.38. The highest BCUT2D eigenvalue weighted by atomic mass is 16.6. The third kappa shape index (κ3) is 3.82. The third-order valence-electron chi connectivity index (χ3n) is 1.60. The van der Waals surface area contributed by atoms with Crippen molar-refractivity contribution < 1.29 is 9.57 Å². The third-order valence-corrected chi connectivity index (χ3v) is 1.60. The number of ether oxygens (including phenoxy) is 1. The van der Waals surface area contributed by atoms with Gasteiger partial charge in [0.2, 0.25) is 0 Å². The minimum Gasteiger partial charge on any atom is -0.381 e. The smallest absolute Gasteiger partial charge is 0.0701 e. The highest BCUT2D eigenvalue weighted by molar-refractivity contribution is 4.71. The average Bonchev–Trinajstić information content (AvgIpc) is 2.71. The fourth-order valence-electron chi connectivity index (χ4n) is 0.779. The van der Waals surface area contributed by atoms with Crippen LogP contribution in [0.1, 0.15) is 19.3 Å². The summed E-state index contributed by atoms with van der Waals surface area (Å²) in [6, 6.07) is 0. The normalized spacial score (nSPS) is 17.7. The second-order valence-corrected chi connectivity index (χ2v) is 2.74. The van der Waals surface area contributed by atoms with E-state index < -0.39 is 0 Å². The Morgan fingerprint density at radius 3 is 2.70 bits per heavy atom. The summed E-state index contributed by atoms with van der Waals surface area (Å²) in [5.74, 6) is 5.69. The Bertz CT molecular complexity index is 83.7. The van der Waals surface area contributed by atoms with Gasteiger partial charge in [-0.2, -0.15) is 0 Å². The Hall–Kier alpha value is -0.120. The van der Waals surface area contributed by atoms with Crippen LogP contribution < -0.4 is 5.90 Å². The van der Waals surface area contributed by atoms with Crippen molar-refractivity contribution in [3.8, 4) is 0 Å². The van der Waals surface area contributed by atoms with Gasteiger partial charge in [0.25, 0.3) is 0 Å². The predicted octanol–water partition coefficient (Wildman–Crippen LogP) is 0.693. The Labute approximate surface area is 61.4 Å². The zero-order valence-electron chi connectivity index (χ0n) is 6.21. The lowest BCUT2D eigenvalue weighted by Gasteiger charge is -2.00. The number of rotatable bonds is 6. The summed E-state index contributed by atoms with van der Waals surface area (Å²) in [6.45, 7) is 2.32. The second-order valence-electron chi connectivity index (χ2n) is 2.74. The molecule has 0 aromatic heterocycles. The molecule has 0 spiro atoms. The van der Waals surface area contributed by atoms with Gasteiger partial charge in [0.15, 0.2) is 0 Å². The molecule has 0 unspecified atom stereocenters. The number of nitrogens with two attached hydrogens (primary N) is 1. The topological polar surface area (TPSA) is 44.5 Å². The van der Waals surface area contributed by atoms with Crippen LogP contribution in [0.25, 0.3) is 0 Å². The first-order valence-corrected chi connectivity index (χ1v) is 3.83. The molecule has 1 saturated carbocycles. The highest BCUT2D eigenvalue weighted by Crippen LogP contribution is 2.28. The molecule has 1 aliphatic rings. The maximum absolute atomic E-state index is 5.32. The molecule has 0 heterocycles. The van der Waals surface area contributed by atoms with Crippen molar-refractivity contribution in [2.45, 2.75) is 19.3 Å². The van der Waals surface area contributed by atoms with Crippen LogP contribution in [-0.4, -0.2) is 19.8 Å². The van der Waals surface area contributed by atoms with Crippen LogP contribution in [0.3, 0.4) is 0 Å². The quantitative estimate of drug-likeness (QED) is 0.442. The molecule has 3 heteroatoms. The van der Waals surface area contributed by atoms with Gasteiger partial charge in [-0.3, -0.25) is 0 Å². The Balaban J connectivity index is 1.68. The zero-order valence-corrected chi connectivity index (χ0v) is 6.21. The van der Waals surface area contributed by atoms with Gasteiger partial charge in [0.1, 0.15) is 0 Å². The van der Waals surface area contributed by atoms with Crippen LogP contribution in [0.2, 0.25) is 0 Å². The lowest BCUT2D eigenvalue weighted by atomic mass is 10.4. The molecular formula is C7H15NO2. The van der Waals surface area contributed by atoms with E-state index in [2.05, 4.69) is 4.84 Å². The molecule has 3 nitrogen and oxygen atoms in total. The van der Waals surface area contributed by atoms with E-state index in [1.54, 1.807) is 0 Å². The van der Waals surface area contributed by atoms with Gasteiger partial charge in [0, 0.05) is 13.2 Å². The Morgan fingerprint density at radius 1 is 1.30 bits per heavy atom. The van der Waals surface area contributed by atoms with Gasteiger partial charge < -0.3 is 9.57 Å². The van der Waals surface area contributed by atoms with E-state index >= 15 is 0 Å². The zero-order chi connectivity index (χ0) is 7.23. The second kappa shape index (κ2) is 4.66. The molecule has 1 fully saturated rings. The van der Waals surface area contributed by atoms with Gasteiger partial charge in [-0.1, -0.05) is 0 Å². The van der Waals surface area contributed by atoms with Crippen LogP contribution in [-0.2, 0) is 9.57 Å². The van der Waals surface area contributed by atoms with E-state index in [0.29, 0.717) is 6.61 Å². The van der Waals surface area contributed by atoms with Crippen molar-refractivity contribution in [1.82, 2.24) is 0 Å². The average molecular weight is 145 g/mol. The monoisotopic (exact) mass is 145 g/mol. The SMILES string of the molecule is NOCCCOCC1CC1. The van der Waals surface area contributed by atoms with E-state index in [4.69, 9.17) is 10.6 Å². The van der Waals surface area contributed by atoms with Gasteiger partial charge in [0.05, 0.1) is 6.61 Å². The molecule has 60 valence electrons. The summed E-state index contributed by atoms with van der Waals surface area (Å²) < 4.78 is 5.32. The van der Waals surface area contributed by atoms with Crippen molar-refractivity contribution in [2.24, 2.45) is 11.8 Å². The summed E-state index contributed by atoms with van der Waals surface area (Å²) in [7, 11) is 0. The molecule has 1 aliphatic carbocycles. The maximum Gasteiger partial charge on any atom is 0.0701 e. The molecule has 0 amide bonds. The Morgan fingerprint density at radius 2 is 2.10 bits per heavy atom. The van der Waals surface area contributed by atoms with Crippen LogP contribution in [0.15, 0.2) is 0 Å². The van der Waals surface area contributed by atoms with Crippen LogP contribution in [0, 0.1) is 5.92 Å². The Kier molecular flexibility index (Phi) is 3.72. The van der Waals surface area contributed by atoms with E-state index in [-0.39, 0.29) is 0 Å². The van der Waals surface area contributed by atoms with Crippen LogP contribution >= 0.6 is 0 Å². The van der Waals surface area contributed by atoms with E-state index in [1.165, 1.54) is 12.8 Å². The van der Waals surface area contributed by atoms with Crippen molar-refractivity contribution >= 4 is 0 Å². The summed E-state index contributed by atoms with van der Waals surface area (Å²) in [5, 5.41) is 0. The van der Waals surface area contributed by atoms with Gasteiger partial charge in [-0.05, 0) is 25.2 Å². The lowest BCUT2D eigenvalue weighted by molar-refractivity contribution is 0.0789. The summed E-state index contributed by atoms with van der Waals surface area (Å²) in [5.41, 5.74) is 0. The largest absolute Gasteiger partial charge is 0.381 e.